The minimum absolute atomic E-state index is 0.0513. The van der Waals surface area contributed by atoms with Crippen molar-refractivity contribution in [3.05, 3.63) is 41.0 Å². The average Bonchev–Trinajstić information content (AvgIpc) is 3.37. The zero-order valence-corrected chi connectivity index (χ0v) is 18.0. The molecule has 2 heterocycles. The molecule has 1 fully saturated rings. The number of ether oxygens (including phenoxy) is 1. The maximum absolute atomic E-state index is 12.9. The molecule has 0 radical (unpaired) electrons. The van der Waals surface area contributed by atoms with E-state index >= 15 is 0 Å². The van der Waals surface area contributed by atoms with Gasteiger partial charge in [-0.3, -0.25) is 14.9 Å². The van der Waals surface area contributed by atoms with Gasteiger partial charge in [-0.15, -0.1) is 0 Å². The van der Waals surface area contributed by atoms with Crippen LogP contribution in [0.3, 0.4) is 0 Å². The minimum Gasteiger partial charge on any atom is -0.484 e. The van der Waals surface area contributed by atoms with E-state index in [-0.39, 0.29) is 17.4 Å². The number of pyridine rings is 1. The fourth-order valence-corrected chi connectivity index (χ4v) is 4.54. The molecule has 12 heteroatoms. The number of nitrogens with zero attached hydrogens (tertiary/aromatic N) is 2. The van der Waals surface area contributed by atoms with Crippen molar-refractivity contribution in [2.45, 2.75) is 44.3 Å². The van der Waals surface area contributed by atoms with Gasteiger partial charge in [0.2, 0.25) is 0 Å². The highest BCUT2D eigenvalue weighted by Crippen LogP contribution is 2.44. The second kappa shape index (κ2) is 8.13. The number of carbonyl (C=O) groups is 1. The van der Waals surface area contributed by atoms with E-state index in [4.69, 9.17) is 4.74 Å². The highest BCUT2D eigenvalue weighted by atomic mass is 32.2. The Bertz CT molecular complexity index is 1080. The van der Waals surface area contributed by atoms with Crippen LogP contribution >= 0.6 is 0 Å². The first kappa shape index (κ1) is 23.0. The average molecular weight is 460 g/mol. The molecule has 31 heavy (non-hydrogen) atoms. The summed E-state index contributed by atoms with van der Waals surface area (Å²) in [7, 11) is -3.53. The molecule has 1 atom stereocenters. The molecule has 2 aromatic rings. The quantitative estimate of drug-likeness (QED) is 0.626. The first-order valence-electron chi connectivity index (χ1n) is 9.48. The number of hydrogen-bond donors (Lipinski definition) is 2. The van der Waals surface area contributed by atoms with E-state index in [0.717, 1.165) is 25.2 Å². The Morgan fingerprint density at radius 3 is 2.52 bits per heavy atom. The van der Waals surface area contributed by atoms with Gasteiger partial charge >= 0.3 is 6.18 Å². The van der Waals surface area contributed by atoms with Crippen molar-refractivity contribution in [3.8, 4) is 5.75 Å². The molecule has 0 aromatic carbocycles. The number of hydrogen-bond acceptors (Lipinski definition) is 6. The summed E-state index contributed by atoms with van der Waals surface area (Å²) in [5.41, 5.74) is -0.0963. The van der Waals surface area contributed by atoms with Crippen LogP contribution in [0.2, 0.25) is 0 Å². The van der Waals surface area contributed by atoms with Crippen molar-refractivity contribution < 1.29 is 31.1 Å². The SMILES string of the molecule is Cc1cc([C@@](C)(CS(C)(=O)=O)NC(=O)c2cc(OCC(F)(F)F)c(C3CC3)cn2)n[nH]1. The van der Waals surface area contributed by atoms with Gasteiger partial charge < -0.3 is 10.1 Å². The van der Waals surface area contributed by atoms with Crippen LogP contribution in [0, 0.1) is 6.92 Å². The molecule has 2 N–H and O–H groups in total. The van der Waals surface area contributed by atoms with Gasteiger partial charge in [0.25, 0.3) is 5.91 Å². The van der Waals surface area contributed by atoms with Crippen molar-refractivity contribution in [2.24, 2.45) is 0 Å². The third-order valence-electron chi connectivity index (χ3n) is 4.75. The van der Waals surface area contributed by atoms with Crippen molar-refractivity contribution in [3.63, 3.8) is 0 Å². The molecule has 2 aromatic heterocycles. The Kier molecular flexibility index (Phi) is 6.05. The van der Waals surface area contributed by atoms with Crippen molar-refractivity contribution in [2.75, 3.05) is 18.6 Å². The minimum atomic E-state index is -4.53. The van der Waals surface area contributed by atoms with Crippen LogP contribution in [0.5, 0.6) is 5.75 Å². The second-order valence-electron chi connectivity index (χ2n) is 8.08. The monoisotopic (exact) mass is 460 g/mol. The lowest BCUT2D eigenvalue weighted by Gasteiger charge is -2.28. The summed E-state index contributed by atoms with van der Waals surface area (Å²) in [5, 5.41) is 9.38. The van der Waals surface area contributed by atoms with Gasteiger partial charge in [-0.2, -0.15) is 18.3 Å². The summed E-state index contributed by atoms with van der Waals surface area (Å²) in [4.78, 5) is 17.0. The van der Waals surface area contributed by atoms with Crippen LogP contribution < -0.4 is 10.1 Å². The molecule has 8 nitrogen and oxygen atoms in total. The first-order chi connectivity index (χ1) is 14.3. The third-order valence-corrected chi connectivity index (χ3v) is 5.85. The Balaban J connectivity index is 1.89. The van der Waals surface area contributed by atoms with Crippen LogP contribution in [0.1, 0.15) is 53.1 Å². The van der Waals surface area contributed by atoms with E-state index in [2.05, 4.69) is 20.5 Å². The second-order valence-corrected chi connectivity index (χ2v) is 10.2. The van der Waals surface area contributed by atoms with Crippen molar-refractivity contribution in [1.29, 1.82) is 0 Å². The van der Waals surface area contributed by atoms with E-state index < -0.39 is 39.8 Å². The van der Waals surface area contributed by atoms with Gasteiger partial charge in [0, 0.05) is 29.8 Å². The number of rotatable bonds is 8. The van der Waals surface area contributed by atoms with Crippen LogP contribution in [0.4, 0.5) is 13.2 Å². The maximum atomic E-state index is 12.9. The zero-order chi connectivity index (χ0) is 23.0. The first-order valence-corrected chi connectivity index (χ1v) is 11.5. The smallest absolute Gasteiger partial charge is 0.422 e. The highest BCUT2D eigenvalue weighted by molar-refractivity contribution is 7.90. The summed E-state index contributed by atoms with van der Waals surface area (Å²) in [6.45, 7) is 1.74. The predicted molar refractivity (Wildman–Crippen MR) is 106 cm³/mol. The van der Waals surface area contributed by atoms with Crippen LogP contribution in [-0.2, 0) is 15.4 Å². The Labute approximate surface area is 177 Å². The number of nitrogens with one attached hydrogen (secondary N) is 2. The molecular weight excluding hydrogens is 437 g/mol. The number of sulfone groups is 1. The summed E-state index contributed by atoms with van der Waals surface area (Å²) in [5.74, 6) is -1.20. The largest absolute Gasteiger partial charge is 0.484 e. The maximum Gasteiger partial charge on any atom is 0.422 e. The number of amides is 1. The standard InChI is InChI=1S/C19H23F3N4O4S/c1-11-6-16(26-25-11)18(2,10-31(3,28)29)24-17(27)14-7-15(30-9-19(20,21)22)13(8-23-14)12-4-5-12/h6-8,12H,4-5,9-10H2,1-3H3,(H,24,27)(H,25,26)/t18-/m1/s1. The molecule has 1 amide bonds. The zero-order valence-electron chi connectivity index (χ0n) is 17.2. The van der Waals surface area contributed by atoms with E-state index in [0.29, 0.717) is 17.0 Å². The van der Waals surface area contributed by atoms with Crippen molar-refractivity contribution in [1.82, 2.24) is 20.5 Å². The van der Waals surface area contributed by atoms with Crippen LogP contribution in [-0.4, -0.2) is 54.3 Å². The van der Waals surface area contributed by atoms with Gasteiger partial charge in [-0.05, 0) is 38.7 Å². The molecule has 0 unspecified atom stereocenters. The molecular formula is C19H23F3N4O4S. The number of halogens is 3. The Morgan fingerprint density at radius 1 is 1.32 bits per heavy atom. The predicted octanol–water partition coefficient (Wildman–Crippen LogP) is 2.62. The van der Waals surface area contributed by atoms with E-state index in [1.807, 2.05) is 0 Å². The lowest BCUT2D eigenvalue weighted by atomic mass is 9.99. The van der Waals surface area contributed by atoms with Gasteiger partial charge in [0.1, 0.15) is 21.3 Å². The number of alkyl halides is 3. The topological polar surface area (TPSA) is 114 Å². The molecule has 170 valence electrons. The molecule has 1 aliphatic rings. The summed E-state index contributed by atoms with van der Waals surface area (Å²) in [6, 6.07) is 2.76. The third kappa shape index (κ3) is 6.18. The lowest BCUT2D eigenvalue weighted by molar-refractivity contribution is -0.153. The summed E-state index contributed by atoms with van der Waals surface area (Å²) < 4.78 is 66.8. The number of aryl methyl sites for hydroxylation is 1. The Morgan fingerprint density at radius 2 is 2.00 bits per heavy atom. The highest BCUT2D eigenvalue weighted by Gasteiger charge is 2.36. The van der Waals surface area contributed by atoms with Crippen molar-refractivity contribution >= 4 is 15.7 Å². The van der Waals surface area contributed by atoms with E-state index in [1.165, 1.54) is 13.1 Å². The van der Waals surface area contributed by atoms with Gasteiger partial charge in [0.05, 0.1) is 17.0 Å². The molecule has 1 aliphatic carbocycles. The molecule has 0 spiro atoms. The van der Waals surface area contributed by atoms with Crippen LogP contribution in [0.25, 0.3) is 0 Å². The Hall–Kier alpha value is -2.63. The molecule has 0 aliphatic heterocycles. The number of H-pyrrole nitrogens is 1. The normalized spacial score (nSPS) is 16.6. The van der Waals surface area contributed by atoms with E-state index in [1.54, 1.807) is 13.0 Å². The van der Waals surface area contributed by atoms with Gasteiger partial charge in [-0.25, -0.2) is 8.42 Å². The van der Waals surface area contributed by atoms with E-state index in [9.17, 15) is 26.4 Å². The fourth-order valence-electron chi connectivity index (χ4n) is 3.27. The molecule has 0 bridgehead atoms. The van der Waals surface area contributed by atoms with Crippen LogP contribution in [0.15, 0.2) is 18.3 Å². The summed E-state index contributed by atoms with van der Waals surface area (Å²) in [6.07, 6.45) is -0.549. The number of aromatic nitrogens is 3. The summed E-state index contributed by atoms with van der Waals surface area (Å²) >= 11 is 0. The molecule has 3 rings (SSSR count). The molecule has 1 saturated carbocycles. The number of carbonyl (C=O) groups excluding carboxylic acids is 1. The fraction of sp³-hybridized carbons (Fsp3) is 0.526. The van der Waals surface area contributed by atoms with Gasteiger partial charge in [0.15, 0.2) is 6.61 Å². The number of aromatic amines is 1. The lowest BCUT2D eigenvalue weighted by Crippen LogP contribution is -2.48. The molecule has 0 saturated heterocycles. The van der Waals surface area contributed by atoms with Gasteiger partial charge in [-0.1, -0.05) is 0 Å².